The number of nitrogens with one attached hydrogen (secondary N) is 4. The molecule has 0 spiro atoms. The van der Waals surface area contributed by atoms with Crippen LogP contribution >= 0.6 is 0 Å². The molecule has 12 heteroatoms. The van der Waals surface area contributed by atoms with E-state index in [1.807, 2.05) is 51.2 Å². The normalized spacial score (nSPS) is 18.9. The van der Waals surface area contributed by atoms with Crippen LogP contribution in [-0.4, -0.2) is 61.4 Å². The highest BCUT2D eigenvalue weighted by molar-refractivity contribution is 6.77. The third kappa shape index (κ3) is 8.65. The van der Waals surface area contributed by atoms with Gasteiger partial charge in [-0.1, -0.05) is 86.6 Å². The Morgan fingerprint density at radius 3 is 2.23 bits per heavy atom. The number of hydrogen-bond acceptors (Lipinski definition) is 8. The van der Waals surface area contributed by atoms with Crippen LogP contribution in [0.3, 0.4) is 0 Å². The van der Waals surface area contributed by atoms with Crippen LogP contribution in [0.25, 0.3) is 5.65 Å². The quantitative estimate of drug-likeness (QED) is 0.103. The third-order valence-corrected chi connectivity index (χ3v) is 17.2. The summed E-state index contributed by atoms with van der Waals surface area (Å²) in [6.45, 7) is 22.7. The Balaban J connectivity index is 1.23. The number of aromatic nitrogens is 3. The van der Waals surface area contributed by atoms with Gasteiger partial charge in [-0.3, -0.25) is 9.72 Å². The van der Waals surface area contributed by atoms with E-state index < -0.39 is 8.32 Å². The Kier molecular flexibility index (Phi) is 12.4. The van der Waals surface area contributed by atoms with Crippen molar-refractivity contribution in [3.63, 3.8) is 0 Å². The van der Waals surface area contributed by atoms with Gasteiger partial charge in [0.2, 0.25) is 5.95 Å². The van der Waals surface area contributed by atoms with E-state index in [0.29, 0.717) is 34.1 Å². The van der Waals surface area contributed by atoms with Crippen molar-refractivity contribution in [1.82, 2.24) is 30.5 Å². The predicted molar refractivity (Wildman–Crippen MR) is 213 cm³/mol. The molecule has 2 amide bonds. The first-order valence-electron chi connectivity index (χ1n) is 19.2. The van der Waals surface area contributed by atoms with E-state index in [9.17, 15) is 4.79 Å². The van der Waals surface area contributed by atoms with Gasteiger partial charge in [0.25, 0.3) is 0 Å². The van der Waals surface area contributed by atoms with E-state index >= 15 is 0 Å². The molecule has 2 aliphatic rings. The van der Waals surface area contributed by atoms with Gasteiger partial charge in [-0.15, -0.1) is 10.2 Å². The van der Waals surface area contributed by atoms with Crippen molar-refractivity contribution in [1.29, 1.82) is 5.41 Å². The van der Waals surface area contributed by atoms with Gasteiger partial charge >= 0.3 is 6.03 Å². The molecular formula is C40H62N8O3Si. The second-order valence-corrected chi connectivity index (χ2v) is 22.0. The van der Waals surface area contributed by atoms with Gasteiger partial charge in [-0.25, -0.2) is 4.79 Å². The summed E-state index contributed by atoms with van der Waals surface area (Å²) in [5.41, 5.74) is 4.76. The molecule has 284 valence electrons. The van der Waals surface area contributed by atoms with Gasteiger partial charge in [0.05, 0.1) is 12.2 Å². The number of allylic oxidation sites excluding steroid dienone is 1. The molecule has 1 saturated heterocycles. The van der Waals surface area contributed by atoms with Crippen molar-refractivity contribution in [2.45, 2.75) is 117 Å². The molecule has 5 rings (SSSR count). The first kappa shape index (κ1) is 39.3. The third-order valence-electron chi connectivity index (χ3n) is 11.2. The maximum Gasteiger partial charge on any atom is 0.320 e. The van der Waals surface area contributed by atoms with E-state index in [1.165, 1.54) is 0 Å². The first-order chi connectivity index (χ1) is 24.6. The number of pyridine rings is 1. The molecule has 11 nitrogen and oxygen atoms in total. The van der Waals surface area contributed by atoms with Crippen LogP contribution in [0.15, 0.2) is 54.5 Å². The summed E-state index contributed by atoms with van der Waals surface area (Å²) in [6, 6.07) is 11.6. The number of amides is 2. The summed E-state index contributed by atoms with van der Waals surface area (Å²) in [5.74, 6) is 2.63. The molecule has 4 N–H and O–H groups in total. The second kappa shape index (κ2) is 16.4. The Labute approximate surface area is 312 Å². The van der Waals surface area contributed by atoms with Gasteiger partial charge in [0.1, 0.15) is 17.7 Å². The van der Waals surface area contributed by atoms with Crippen molar-refractivity contribution >= 4 is 31.7 Å². The number of anilines is 1. The standard InChI is InChI=1S/C40H62N8O3Si/c1-26(2)52(27(3)4,28(5)6)50-25-29-19-21-47(22-20-29)39-46-45-37-18-15-30(24-48(37)39)51-34-17-16-33(31-13-11-12-14-32(31)34)43-38(49)44-36(42-10)23-35(41)40(7,8)9/h11-15,18,23-24,26-29,33-34,41-42H,16-17,19-22,25H2,1-10H3,(H2,43,44,49)/b36-23+,41-35?/t33-,34+/m0/s1. The largest absolute Gasteiger partial charge is 0.484 e. The molecule has 2 aromatic heterocycles. The highest BCUT2D eigenvalue weighted by Crippen LogP contribution is 2.43. The van der Waals surface area contributed by atoms with E-state index in [1.54, 1.807) is 13.1 Å². The molecule has 52 heavy (non-hydrogen) atoms. The summed E-state index contributed by atoms with van der Waals surface area (Å²) >= 11 is 0. The van der Waals surface area contributed by atoms with Gasteiger partial charge < -0.3 is 30.1 Å². The topological polar surface area (TPSA) is 129 Å². The number of hydrogen-bond donors (Lipinski definition) is 4. The van der Waals surface area contributed by atoms with Crippen molar-refractivity contribution in [2.24, 2.45) is 11.3 Å². The van der Waals surface area contributed by atoms with E-state index in [4.69, 9.17) is 14.6 Å². The lowest BCUT2D eigenvalue weighted by Crippen LogP contribution is -2.49. The zero-order valence-corrected chi connectivity index (χ0v) is 34.0. The maximum absolute atomic E-state index is 13.1. The maximum atomic E-state index is 13.1. The molecule has 0 unspecified atom stereocenters. The molecule has 1 aromatic carbocycles. The highest BCUT2D eigenvalue weighted by Gasteiger charge is 2.45. The van der Waals surface area contributed by atoms with Gasteiger partial charge in [-0.05, 0) is 77.6 Å². The summed E-state index contributed by atoms with van der Waals surface area (Å²) in [4.78, 5) is 15.4. The Morgan fingerprint density at radius 2 is 1.62 bits per heavy atom. The molecule has 0 bridgehead atoms. The number of nitrogens with zero attached hydrogens (tertiary/aromatic N) is 4. The lowest BCUT2D eigenvalue weighted by Gasteiger charge is -2.43. The zero-order chi connectivity index (χ0) is 37.8. The lowest BCUT2D eigenvalue weighted by atomic mass is 9.85. The minimum absolute atomic E-state index is 0.163. The summed E-state index contributed by atoms with van der Waals surface area (Å²) in [6.07, 6.45) is 7.11. The van der Waals surface area contributed by atoms with E-state index in [-0.39, 0.29) is 23.6 Å². The van der Waals surface area contributed by atoms with Crippen molar-refractivity contribution in [2.75, 3.05) is 31.6 Å². The number of fused-ring (bicyclic) bond motifs is 2. The average molecular weight is 731 g/mol. The average Bonchev–Trinajstić information content (AvgIpc) is 3.52. The first-order valence-corrected chi connectivity index (χ1v) is 21.3. The Hall–Kier alpha value is -3.90. The van der Waals surface area contributed by atoms with Crippen molar-refractivity contribution in [3.8, 4) is 5.75 Å². The number of piperidine rings is 1. The summed E-state index contributed by atoms with van der Waals surface area (Å²) < 4.78 is 15.7. The molecule has 1 aliphatic carbocycles. The summed E-state index contributed by atoms with van der Waals surface area (Å²) in [5, 5.41) is 26.4. The smallest absolute Gasteiger partial charge is 0.320 e. The molecular weight excluding hydrogens is 669 g/mol. The summed E-state index contributed by atoms with van der Waals surface area (Å²) in [7, 11) is -0.147. The second-order valence-electron chi connectivity index (χ2n) is 16.6. The van der Waals surface area contributed by atoms with Crippen LogP contribution in [0.1, 0.15) is 111 Å². The lowest BCUT2D eigenvalue weighted by molar-refractivity contribution is 0.171. The number of urea groups is 1. The number of carbonyl (C=O) groups is 1. The highest BCUT2D eigenvalue weighted by atomic mass is 28.4. The van der Waals surface area contributed by atoms with Crippen LogP contribution in [-0.2, 0) is 4.43 Å². The SMILES string of the molecule is CN/C(=C\C(=N)C(C)(C)C)NC(=O)N[C@H]1CC[C@@H](Oc2ccc3nnc(N4CCC(CO[Si](C(C)C)(C(C)C)C(C)C)CC4)n3c2)c2ccccc21. The minimum atomic E-state index is -1.88. The molecule has 3 aromatic rings. The van der Waals surface area contributed by atoms with Crippen molar-refractivity contribution < 1.29 is 14.0 Å². The van der Waals surface area contributed by atoms with Crippen LogP contribution in [0.5, 0.6) is 5.75 Å². The molecule has 1 fully saturated rings. The molecule has 0 saturated carbocycles. The monoisotopic (exact) mass is 730 g/mol. The molecule has 0 radical (unpaired) electrons. The zero-order valence-electron chi connectivity index (χ0n) is 33.0. The van der Waals surface area contributed by atoms with Crippen molar-refractivity contribution in [3.05, 3.63) is 65.6 Å². The van der Waals surface area contributed by atoms with Crippen LogP contribution in [0, 0.1) is 16.7 Å². The van der Waals surface area contributed by atoms with Gasteiger partial charge in [0, 0.05) is 37.9 Å². The fraction of sp³-hybridized carbons (Fsp3) is 0.600. The van der Waals surface area contributed by atoms with E-state index in [0.717, 1.165) is 73.9 Å². The fourth-order valence-corrected chi connectivity index (χ4v) is 13.8. The Morgan fingerprint density at radius 1 is 0.962 bits per heavy atom. The van der Waals surface area contributed by atoms with E-state index in [2.05, 4.69) is 89.1 Å². The van der Waals surface area contributed by atoms with Crippen LogP contribution in [0.2, 0.25) is 16.6 Å². The number of ether oxygens (including phenoxy) is 1. The number of rotatable bonds is 13. The molecule has 2 atom stereocenters. The molecule has 3 heterocycles. The number of carbonyl (C=O) groups excluding carboxylic acids is 1. The minimum Gasteiger partial charge on any atom is -0.484 e. The Bertz CT molecular complexity index is 1700. The van der Waals surface area contributed by atoms with Gasteiger partial charge in [0.15, 0.2) is 14.0 Å². The number of benzene rings is 1. The van der Waals surface area contributed by atoms with Crippen LogP contribution < -0.4 is 25.6 Å². The van der Waals surface area contributed by atoms with Gasteiger partial charge in [-0.2, -0.15) is 0 Å². The van der Waals surface area contributed by atoms with Crippen LogP contribution in [0.4, 0.5) is 10.7 Å². The fourth-order valence-electron chi connectivity index (χ4n) is 8.24. The molecule has 1 aliphatic heterocycles. The predicted octanol–water partition coefficient (Wildman–Crippen LogP) is 8.52.